The van der Waals surface area contributed by atoms with Crippen molar-refractivity contribution in [2.24, 2.45) is 5.11 Å². The fourth-order valence-electron chi connectivity index (χ4n) is 0.574. The van der Waals surface area contributed by atoms with Gasteiger partial charge in [-0.05, 0) is 5.53 Å². The van der Waals surface area contributed by atoms with Crippen LogP contribution in [-0.2, 0) is 9.47 Å². The Kier molecular flexibility index (Phi) is 9.50. The highest BCUT2D eigenvalue weighted by Crippen LogP contribution is 1.79. The van der Waals surface area contributed by atoms with Crippen molar-refractivity contribution in [2.45, 2.75) is 0 Å². The summed E-state index contributed by atoms with van der Waals surface area (Å²) in [5.41, 5.74) is 11.5. The van der Waals surface area contributed by atoms with Crippen LogP contribution >= 0.6 is 0 Å². The van der Waals surface area contributed by atoms with Gasteiger partial charge in [0.1, 0.15) is 0 Å². The van der Waals surface area contributed by atoms with Gasteiger partial charge in [0, 0.05) is 11.5 Å². The van der Waals surface area contributed by atoms with E-state index in [0.717, 1.165) is 6.54 Å². The van der Waals surface area contributed by atoms with Crippen LogP contribution in [0.2, 0.25) is 0 Å². The predicted molar refractivity (Wildman–Crippen MR) is 43.4 cm³/mol. The molecule has 0 aliphatic rings. The number of nitrogens with zero attached hydrogens (tertiary/aromatic N) is 3. The van der Waals surface area contributed by atoms with E-state index in [1.54, 1.807) is 0 Å². The third kappa shape index (κ3) is 9.19. The Morgan fingerprint density at radius 3 is 2.42 bits per heavy atom. The lowest BCUT2D eigenvalue weighted by Crippen LogP contribution is -2.52. The molecule has 0 atom stereocenters. The van der Waals surface area contributed by atoms with Crippen molar-refractivity contribution in [2.75, 3.05) is 39.5 Å². The molecule has 70 valence electrons. The molecule has 0 bridgehead atoms. The maximum absolute atomic E-state index is 7.91. The molecule has 0 spiro atoms. The molecule has 0 aliphatic heterocycles. The fraction of sp³-hybridized carbons (Fsp3) is 1.00. The zero-order valence-electron chi connectivity index (χ0n) is 7.11. The number of hydrogen-bond donors (Lipinski definition) is 1. The van der Waals surface area contributed by atoms with E-state index < -0.39 is 0 Å². The number of hydrogen-bond acceptors (Lipinski definition) is 3. The summed E-state index contributed by atoms with van der Waals surface area (Å²) in [4.78, 5) is 2.59. The van der Waals surface area contributed by atoms with Crippen molar-refractivity contribution in [3.05, 3.63) is 10.4 Å². The van der Waals surface area contributed by atoms with Crippen molar-refractivity contribution >= 4 is 0 Å². The van der Waals surface area contributed by atoms with Gasteiger partial charge in [0.15, 0.2) is 0 Å². The van der Waals surface area contributed by atoms with Crippen LogP contribution in [0.15, 0.2) is 5.11 Å². The van der Waals surface area contributed by atoms with Crippen LogP contribution in [0, 0.1) is 0 Å². The molecular formula is C6H15N4O2+. The Labute approximate surface area is 71.3 Å². The second kappa shape index (κ2) is 10.2. The molecule has 0 fully saturated rings. The van der Waals surface area contributed by atoms with Gasteiger partial charge in [0.2, 0.25) is 0 Å². The molecule has 0 aromatic carbocycles. The van der Waals surface area contributed by atoms with Crippen molar-refractivity contribution in [3.63, 3.8) is 0 Å². The zero-order valence-corrected chi connectivity index (χ0v) is 7.11. The second-order valence-corrected chi connectivity index (χ2v) is 2.03. The summed E-state index contributed by atoms with van der Waals surface area (Å²) < 4.78 is 10.2. The van der Waals surface area contributed by atoms with E-state index in [4.69, 9.17) is 15.0 Å². The van der Waals surface area contributed by atoms with Gasteiger partial charge in [0.05, 0.1) is 33.0 Å². The highest BCUT2D eigenvalue weighted by atomic mass is 16.5. The molecule has 6 heteroatoms. The van der Waals surface area contributed by atoms with E-state index >= 15 is 0 Å². The summed E-state index contributed by atoms with van der Waals surface area (Å²) in [6, 6.07) is 0. The first-order valence-corrected chi connectivity index (χ1v) is 3.87. The lowest BCUT2D eigenvalue weighted by atomic mass is 10.7. The molecule has 0 aromatic rings. The first-order valence-electron chi connectivity index (χ1n) is 3.87. The Morgan fingerprint density at radius 1 is 1.17 bits per heavy atom. The molecule has 0 aliphatic carbocycles. The van der Waals surface area contributed by atoms with E-state index in [2.05, 4.69) is 15.8 Å². The van der Waals surface area contributed by atoms with E-state index in [9.17, 15) is 0 Å². The average molecular weight is 175 g/mol. The van der Waals surface area contributed by atoms with Gasteiger partial charge in [0.25, 0.3) is 0 Å². The molecule has 0 amide bonds. The Hall–Kier alpha value is -0.810. The van der Waals surface area contributed by atoms with Crippen molar-refractivity contribution in [3.8, 4) is 0 Å². The van der Waals surface area contributed by atoms with Crippen LogP contribution in [0.3, 0.4) is 0 Å². The quantitative estimate of drug-likeness (QED) is 0.234. The second-order valence-electron chi connectivity index (χ2n) is 2.03. The SMILES string of the molecule is [N-]=[N+]=NCCOCCOCC[NH3+]. The van der Waals surface area contributed by atoms with Crippen LogP contribution in [0.25, 0.3) is 10.4 Å². The minimum Gasteiger partial charge on any atom is -0.379 e. The van der Waals surface area contributed by atoms with Gasteiger partial charge in [-0.15, -0.1) is 0 Å². The van der Waals surface area contributed by atoms with Gasteiger partial charge in [-0.2, -0.15) is 0 Å². The molecule has 0 saturated heterocycles. The maximum atomic E-state index is 7.91. The molecule has 0 heterocycles. The standard InChI is InChI=1S/C6H14N4O2/c7-1-3-11-5-6-12-4-2-9-10-8/h1-7H2/p+1. The normalized spacial score (nSPS) is 9.42. The van der Waals surface area contributed by atoms with E-state index in [1.807, 2.05) is 0 Å². The molecule has 0 rings (SSSR count). The molecule has 3 N–H and O–H groups in total. The molecule has 6 nitrogen and oxygen atoms in total. The smallest absolute Gasteiger partial charge is 0.0977 e. The monoisotopic (exact) mass is 175 g/mol. The summed E-state index contributed by atoms with van der Waals surface area (Å²) in [5.74, 6) is 0. The third-order valence-corrected chi connectivity index (χ3v) is 1.06. The molecule has 12 heavy (non-hydrogen) atoms. The van der Waals surface area contributed by atoms with E-state index in [1.165, 1.54) is 0 Å². The van der Waals surface area contributed by atoms with Crippen molar-refractivity contribution in [1.29, 1.82) is 0 Å². The van der Waals surface area contributed by atoms with E-state index in [-0.39, 0.29) is 0 Å². The molecular weight excluding hydrogens is 160 g/mol. The summed E-state index contributed by atoms with van der Waals surface area (Å²) in [7, 11) is 0. The summed E-state index contributed by atoms with van der Waals surface area (Å²) in [6.07, 6.45) is 0. The summed E-state index contributed by atoms with van der Waals surface area (Å²) in [6.45, 7) is 3.40. The Morgan fingerprint density at radius 2 is 1.83 bits per heavy atom. The van der Waals surface area contributed by atoms with Crippen molar-refractivity contribution in [1.82, 2.24) is 0 Å². The Bertz CT molecular complexity index is 136. The minimum atomic E-state index is 0.381. The van der Waals surface area contributed by atoms with Crippen LogP contribution in [0.1, 0.15) is 0 Å². The van der Waals surface area contributed by atoms with Gasteiger partial charge < -0.3 is 15.2 Å². The maximum Gasteiger partial charge on any atom is 0.0977 e. The summed E-state index contributed by atoms with van der Waals surface area (Å²) >= 11 is 0. The predicted octanol–water partition coefficient (Wildman–Crippen LogP) is -0.428. The van der Waals surface area contributed by atoms with Crippen LogP contribution in [0.4, 0.5) is 0 Å². The van der Waals surface area contributed by atoms with Crippen LogP contribution < -0.4 is 5.73 Å². The molecule has 0 saturated carbocycles. The largest absolute Gasteiger partial charge is 0.379 e. The fourth-order valence-corrected chi connectivity index (χ4v) is 0.574. The topological polar surface area (TPSA) is 94.9 Å². The first-order chi connectivity index (χ1) is 5.91. The zero-order chi connectivity index (χ0) is 9.07. The third-order valence-electron chi connectivity index (χ3n) is 1.06. The highest BCUT2D eigenvalue weighted by molar-refractivity contribution is 4.43. The molecule has 0 radical (unpaired) electrons. The van der Waals surface area contributed by atoms with Gasteiger partial charge >= 0.3 is 0 Å². The summed E-state index contributed by atoms with van der Waals surface area (Å²) in [5, 5.41) is 3.31. The van der Waals surface area contributed by atoms with Crippen LogP contribution in [-0.4, -0.2) is 39.5 Å². The minimum absolute atomic E-state index is 0.381. The van der Waals surface area contributed by atoms with Crippen molar-refractivity contribution < 1.29 is 15.2 Å². The number of rotatable bonds is 8. The average Bonchev–Trinajstić information content (AvgIpc) is 2.10. The number of azide groups is 1. The Balaban J connectivity index is 2.86. The molecule has 0 unspecified atom stereocenters. The van der Waals surface area contributed by atoms with Gasteiger partial charge in [-0.3, -0.25) is 0 Å². The lowest BCUT2D eigenvalue weighted by molar-refractivity contribution is -0.374. The van der Waals surface area contributed by atoms with E-state index in [0.29, 0.717) is 33.0 Å². The van der Waals surface area contributed by atoms with Crippen LogP contribution in [0.5, 0.6) is 0 Å². The number of ether oxygens (including phenoxy) is 2. The number of quaternary nitrogens is 1. The first kappa shape index (κ1) is 11.2. The van der Waals surface area contributed by atoms with Gasteiger partial charge in [-0.25, -0.2) is 0 Å². The lowest BCUT2D eigenvalue weighted by Gasteiger charge is -2.01. The molecule has 0 aromatic heterocycles. The highest BCUT2D eigenvalue weighted by Gasteiger charge is 1.88. The van der Waals surface area contributed by atoms with Gasteiger partial charge in [-0.1, -0.05) is 5.11 Å².